The summed E-state index contributed by atoms with van der Waals surface area (Å²) in [5.74, 6) is -1.13. The van der Waals surface area contributed by atoms with Gasteiger partial charge in [-0.3, -0.25) is 19.8 Å². The molecule has 2 aliphatic heterocycles. The summed E-state index contributed by atoms with van der Waals surface area (Å²) < 4.78 is 12.0. The van der Waals surface area contributed by atoms with E-state index in [9.17, 15) is 19.5 Å². The molecule has 1 aromatic carbocycles. The molecule has 11 heteroatoms. The molecule has 1 aromatic heterocycles. The molecule has 0 fully saturated rings. The van der Waals surface area contributed by atoms with Gasteiger partial charge >= 0.3 is 5.97 Å². The normalized spacial score (nSPS) is 17.0. The number of hydrogen-bond donors (Lipinski definition) is 3. The largest absolute Gasteiger partial charge is 0.491 e. The first-order valence-corrected chi connectivity index (χ1v) is 13.9. The number of amidine groups is 1. The van der Waals surface area contributed by atoms with Crippen LogP contribution >= 0.6 is 0 Å². The number of hydrogen-bond acceptors (Lipinski definition) is 8. The monoisotopic (exact) mass is 565 g/mol. The van der Waals surface area contributed by atoms with Gasteiger partial charge in [-0.05, 0) is 37.0 Å². The third-order valence-electron chi connectivity index (χ3n) is 7.58. The van der Waals surface area contributed by atoms with Crippen molar-refractivity contribution in [2.24, 2.45) is 5.92 Å². The maximum absolute atomic E-state index is 13.7. The highest BCUT2D eigenvalue weighted by molar-refractivity contribution is 6.06. The lowest BCUT2D eigenvalue weighted by atomic mass is 9.83. The summed E-state index contributed by atoms with van der Waals surface area (Å²) in [6.45, 7) is 10.7. The van der Waals surface area contributed by atoms with E-state index in [1.807, 2.05) is 52.6 Å². The second-order valence-electron chi connectivity index (χ2n) is 11.5. The Hall–Kier alpha value is -4.15. The van der Waals surface area contributed by atoms with Gasteiger partial charge in [0.2, 0.25) is 0 Å². The Morgan fingerprint density at radius 3 is 2.54 bits per heavy atom. The Balaban J connectivity index is 1.64. The highest BCUT2D eigenvalue weighted by Crippen LogP contribution is 2.44. The quantitative estimate of drug-likeness (QED) is 0.389. The number of ether oxygens (including phenoxy) is 2. The number of amides is 1. The molecule has 0 saturated heterocycles. The van der Waals surface area contributed by atoms with Crippen molar-refractivity contribution in [2.45, 2.75) is 59.1 Å². The highest BCUT2D eigenvalue weighted by atomic mass is 16.5. The molecule has 11 nitrogen and oxygen atoms in total. The van der Waals surface area contributed by atoms with Crippen molar-refractivity contribution in [3.63, 3.8) is 0 Å². The number of carboxylic acids is 1. The summed E-state index contributed by atoms with van der Waals surface area (Å²) in [6, 6.07) is 5.32. The van der Waals surface area contributed by atoms with Crippen LogP contribution in [-0.2, 0) is 16.8 Å². The third kappa shape index (κ3) is 5.71. The van der Waals surface area contributed by atoms with Crippen LogP contribution in [0.25, 0.3) is 0 Å². The minimum atomic E-state index is -0.891. The van der Waals surface area contributed by atoms with Gasteiger partial charge in [0.1, 0.15) is 23.4 Å². The molecule has 3 N–H and O–H groups in total. The number of carboxylic acid groups (broad SMARTS) is 1. The van der Waals surface area contributed by atoms with Crippen LogP contribution in [0.2, 0.25) is 0 Å². The molecule has 220 valence electrons. The molecule has 4 rings (SSSR count). The Labute approximate surface area is 240 Å². The van der Waals surface area contributed by atoms with Crippen LogP contribution in [0.15, 0.2) is 18.2 Å². The molecule has 2 aromatic rings. The van der Waals surface area contributed by atoms with E-state index in [0.717, 1.165) is 11.3 Å². The van der Waals surface area contributed by atoms with E-state index in [-0.39, 0.29) is 35.8 Å². The van der Waals surface area contributed by atoms with E-state index in [2.05, 4.69) is 10.3 Å². The van der Waals surface area contributed by atoms with Crippen molar-refractivity contribution in [3.05, 3.63) is 46.3 Å². The first-order chi connectivity index (χ1) is 19.3. The first-order valence-electron chi connectivity index (χ1n) is 13.9. The minimum absolute atomic E-state index is 0.0546. The summed E-state index contributed by atoms with van der Waals surface area (Å²) in [4.78, 5) is 46.0. The lowest BCUT2D eigenvalue weighted by Crippen LogP contribution is -2.45. The summed E-state index contributed by atoms with van der Waals surface area (Å²) in [5.41, 5.74) is 2.80. The Bertz CT molecular complexity index is 1400. The van der Waals surface area contributed by atoms with Crippen LogP contribution in [0.1, 0.15) is 78.7 Å². The lowest BCUT2D eigenvalue weighted by Gasteiger charge is -2.39. The zero-order valence-electron chi connectivity index (χ0n) is 24.8. The number of pyridine rings is 1. The van der Waals surface area contributed by atoms with Crippen LogP contribution in [0, 0.1) is 11.3 Å². The van der Waals surface area contributed by atoms with Crippen molar-refractivity contribution < 1.29 is 29.0 Å². The summed E-state index contributed by atoms with van der Waals surface area (Å²) in [5, 5.41) is 21.0. The fourth-order valence-corrected chi connectivity index (χ4v) is 5.34. The number of aliphatic carboxylic acids is 1. The number of likely N-dealkylation sites (N-methyl/N-ethyl adjacent to an activating group) is 1. The van der Waals surface area contributed by atoms with Gasteiger partial charge in [-0.2, -0.15) is 0 Å². The number of anilines is 1. The summed E-state index contributed by atoms with van der Waals surface area (Å²) in [6.07, 6.45) is -0.0738. The van der Waals surface area contributed by atoms with Crippen molar-refractivity contribution in [1.29, 1.82) is 5.41 Å². The number of nitrogens with zero attached hydrogens (tertiary/aromatic N) is 3. The maximum atomic E-state index is 13.7. The minimum Gasteiger partial charge on any atom is -0.491 e. The van der Waals surface area contributed by atoms with Crippen LogP contribution < -0.4 is 19.7 Å². The van der Waals surface area contributed by atoms with Crippen LogP contribution in [0.4, 0.5) is 5.69 Å². The van der Waals surface area contributed by atoms with E-state index >= 15 is 0 Å². The first kappa shape index (κ1) is 29.8. The molecule has 2 aliphatic rings. The molecule has 2 atom stereocenters. The molecular formula is C30H39N5O6. The Morgan fingerprint density at radius 1 is 1.24 bits per heavy atom. The van der Waals surface area contributed by atoms with Crippen LogP contribution in [0.5, 0.6) is 11.5 Å². The second-order valence-corrected chi connectivity index (χ2v) is 11.5. The molecule has 3 heterocycles. The predicted octanol–water partition coefficient (Wildman–Crippen LogP) is 3.47. The topological polar surface area (TPSA) is 145 Å². The van der Waals surface area contributed by atoms with E-state index in [1.54, 1.807) is 17.0 Å². The van der Waals surface area contributed by atoms with Crippen molar-refractivity contribution in [2.75, 3.05) is 38.7 Å². The molecule has 0 radical (unpaired) electrons. The van der Waals surface area contributed by atoms with Gasteiger partial charge in [0, 0.05) is 37.3 Å². The number of Topliss-reactive ketones (excluding diaryl/α,β-unsaturated/α-hetero) is 1. The zero-order chi connectivity index (χ0) is 30.2. The number of rotatable bonds is 9. The molecule has 1 amide bonds. The number of nitrogens with one attached hydrogen (secondary N) is 2. The number of fused-ring (bicyclic) bond motifs is 2. The Morgan fingerprint density at radius 2 is 1.95 bits per heavy atom. The maximum Gasteiger partial charge on any atom is 0.310 e. The predicted molar refractivity (Wildman–Crippen MR) is 155 cm³/mol. The Kier molecular flexibility index (Phi) is 8.28. The van der Waals surface area contributed by atoms with Gasteiger partial charge in [0.05, 0.1) is 31.3 Å². The van der Waals surface area contributed by atoms with E-state index in [1.165, 1.54) is 7.05 Å². The molecule has 2 unspecified atom stereocenters. The summed E-state index contributed by atoms with van der Waals surface area (Å²) in [7, 11) is 3.38. The molecular weight excluding hydrogens is 526 g/mol. The SMILES string of the molecule is CCOc1cc2c(nc1C(=O)NC)C(=N)N(CC(=O)c1cc3c(c(C(C)(C)C)c1)OC(C(CC)C(=O)O)CN3C)C2. The molecule has 0 bridgehead atoms. The average molecular weight is 566 g/mol. The number of carbonyl (C=O) groups is 3. The summed E-state index contributed by atoms with van der Waals surface area (Å²) >= 11 is 0. The van der Waals surface area contributed by atoms with Gasteiger partial charge in [-0.15, -0.1) is 0 Å². The van der Waals surface area contributed by atoms with E-state index < -0.39 is 23.9 Å². The average Bonchev–Trinajstić information content (AvgIpc) is 3.20. The van der Waals surface area contributed by atoms with Gasteiger partial charge in [-0.1, -0.05) is 27.7 Å². The zero-order valence-corrected chi connectivity index (χ0v) is 24.8. The second kappa shape index (κ2) is 11.4. The molecule has 0 spiro atoms. The van der Waals surface area contributed by atoms with Crippen molar-refractivity contribution in [3.8, 4) is 11.5 Å². The fraction of sp³-hybridized carbons (Fsp3) is 0.500. The van der Waals surface area contributed by atoms with Gasteiger partial charge in [-0.25, -0.2) is 4.98 Å². The third-order valence-corrected chi connectivity index (χ3v) is 7.58. The number of ketones is 1. The van der Waals surface area contributed by atoms with Crippen LogP contribution in [0.3, 0.4) is 0 Å². The standard InChI is InChI=1S/C30H39N5O6/c1-8-18(29(38)39)23-15-34(7)20-11-16(10-19(26(20)41-23)30(3,4)5)21(36)14-35-13-17-12-22(40-9-2)25(28(37)32-6)33-24(17)27(35)31/h10-12,18,23,31H,8-9,13-15H2,1-7H3,(H,32,37)(H,38,39). The number of carbonyl (C=O) groups excluding carboxylic acids is 2. The van der Waals surface area contributed by atoms with Crippen molar-refractivity contribution >= 4 is 29.2 Å². The van der Waals surface area contributed by atoms with E-state index in [0.29, 0.717) is 47.9 Å². The van der Waals surface area contributed by atoms with Gasteiger partial charge in [0.25, 0.3) is 5.91 Å². The lowest BCUT2D eigenvalue weighted by molar-refractivity contribution is -0.145. The fourth-order valence-electron chi connectivity index (χ4n) is 5.34. The highest BCUT2D eigenvalue weighted by Gasteiger charge is 2.37. The van der Waals surface area contributed by atoms with E-state index in [4.69, 9.17) is 14.9 Å². The molecule has 0 saturated carbocycles. The number of aromatic nitrogens is 1. The van der Waals surface area contributed by atoms with Crippen LogP contribution in [-0.4, -0.2) is 78.4 Å². The van der Waals surface area contributed by atoms with Gasteiger partial charge in [0.15, 0.2) is 17.2 Å². The smallest absolute Gasteiger partial charge is 0.310 e. The molecule has 0 aliphatic carbocycles. The molecule has 41 heavy (non-hydrogen) atoms. The number of benzene rings is 1. The van der Waals surface area contributed by atoms with Crippen molar-refractivity contribution in [1.82, 2.24) is 15.2 Å². The van der Waals surface area contributed by atoms with Gasteiger partial charge < -0.3 is 29.7 Å².